The van der Waals surface area contributed by atoms with Crippen molar-refractivity contribution < 1.29 is 9.53 Å². The van der Waals surface area contributed by atoms with Gasteiger partial charge in [-0.15, -0.1) is 0 Å². The largest absolute Gasteiger partial charge is 0.482 e. The van der Waals surface area contributed by atoms with Crippen molar-refractivity contribution in [3.63, 3.8) is 0 Å². The predicted molar refractivity (Wildman–Crippen MR) is 77.7 cm³/mol. The lowest BCUT2D eigenvalue weighted by atomic mass is 10.1. The first-order chi connectivity index (χ1) is 8.69. The summed E-state index contributed by atoms with van der Waals surface area (Å²) < 4.78 is 5.34. The molecule has 1 aromatic carbocycles. The molecule has 3 N–H and O–H groups in total. The molecule has 0 bridgehead atoms. The smallest absolute Gasteiger partial charge is 0.255 e. The zero-order chi connectivity index (χ0) is 14.6. The van der Waals surface area contributed by atoms with Gasteiger partial charge in [0.05, 0.1) is 5.02 Å². The molecule has 0 unspecified atom stereocenters. The minimum Gasteiger partial charge on any atom is -0.482 e. The van der Waals surface area contributed by atoms with Gasteiger partial charge in [0.25, 0.3) is 5.91 Å². The molecular weight excluding hydrogens is 287 g/mol. The summed E-state index contributed by atoms with van der Waals surface area (Å²) in [5, 5.41) is 4.18. The number of benzene rings is 1. The Morgan fingerprint density at radius 3 is 2.53 bits per heavy atom. The van der Waals surface area contributed by atoms with Crippen LogP contribution < -0.4 is 15.8 Å². The lowest BCUT2D eigenvalue weighted by Gasteiger charge is -2.22. The van der Waals surface area contributed by atoms with Crippen molar-refractivity contribution in [1.29, 1.82) is 0 Å². The summed E-state index contributed by atoms with van der Waals surface area (Å²) in [6, 6.07) is 3.32. The van der Waals surface area contributed by atoms with Crippen molar-refractivity contribution in [3.05, 3.63) is 27.7 Å². The van der Waals surface area contributed by atoms with E-state index < -0.39 is 5.91 Å². The van der Waals surface area contributed by atoms with E-state index in [0.717, 1.165) is 5.56 Å². The van der Waals surface area contributed by atoms with Crippen LogP contribution in [-0.2, 0) is 11.3 Å². The molecule has 0 radical (unpaired) electrons. The van der Waals surface area contributed by atoms with Crippen LogP contribution in [0.1, 0.15) is 26.3 Å². The predicted octanol–water partition coefficient (Wildman–Crippen LogP) is 2.75. The maximum Gasteiger partial charge on any atom is 0.255 e. The Hall–Kier alpha value is -0.970. The Bertz CT molecular complexity index is 470. The fourth-order valence-electron chi connectivity index (χ4n) is 1.41. The molecule has 6 heteroatoms. The van der Waals surface area contributed by atoms with Gasteiger partial charge in [0, 0.05) is 22.7 Å². The quantitative estimate of drug-likeness (QED) is 0.879. The Morgan fingerprint density at radius 1 is 1.37 bits per heavy atom. The summed E-state index contributed by atoms with van der Waals surface area (Å²) in [5.41, 5.74) is 5.79. The topological polar surface area (TPSA) is 64.3 Å². The van der Waals surface area contributed by atoms with Crippen molar-refractivity contribution in [2.24, 2.45) is 5.73 Å². The van der Waals surface area contributed by atoms with E-state index in [0.29, 0.717) is 22.3 Å². The molecule has 106 valence electrons. The molecule has 0 saturated carbocycles. The third kappa shape index (κ3) is 5.68. The Labute approximate surface area is 123 Å². The van der Waals surface area contributed by atoms with Gasteiger partial charge < -0.3 is 15.8 Å². The monoisotopic (exact) mass is 304 g/mol. The van der Waals surface area contributed by atoms with Gasteiger partial charge in [-0.25, -0.2) is 0 Å². The second-order valence-corrected chi connectivity index (χ2v) is 6.08. The number of rotatable bonds is 5. The summed E-state index contributed by atoms with van der Waals surface area (Å²) >= 11 is 12.1. The van der Waals surface area contributed by atoms with Crippen molar-refractivity contribution in [2.45, 2.75) is 32.9 Å². The maximum absolute atomic E-state index is 10.8. The fourth-order valence-corrected chi connectivity index (χ4v) is 2.00. The van der Waals surface area contributed by atoms with E-state index in [9.17, 15) is 4.79 Å². The Morgan fingerprint density at radius 2 is 2.00 bits per heavy atom. The second-order valence-electron chi connectivity index (χ2n) is 5.23. The van der Waals surface area contributed by atoms with Crippen LogP contribution in [0, 0.1) is 0 Å². The van der Waals surface area contributed by atoms with Crippen LogP contribution in [-0.4, -0.2) is 18.1 Å². The molecule has 0 atom stereocenters. The molecule has 0 aliphatic heterocycles. The number of amides is 1. The molecule has 0 aromatic heterocycles. The fraction of sp³-hybridized carbons (Fsp3) is 0.462. The summed E-state index contributed by atoms with van der Waals surface area (Å²) in [4.78, 5) is 10.8. The van der Waals surface area contributed by atoms with Gasteiger partial charge in [-0.1, -0.05) is 23.2 Å². The lowest BCUT2D eigenvalue weighted by molar-refractivity contribution is -0.119. The van der Waals surface area contributed by atoms with E-state index in [1.165, 1.54) is 0 Å². The normalized spacial score (nSPS) is 11.4. The highest BCUT2D eigenvalue weighted by Crippen LogP contribution is 2.32. The number of nitrogens with one attached hydrogen (secondary N) is 1. The molecule has 0 saturated heterocycles. The van der Waals surface area contributed by atoms with E-state index in [-0.39, 0.29) is 12.1 Å². The molecule has 1 aromatic rings. The molecule has 1 amide bonds. The average Bonchev–Trinajstić information content (AvgIpc) is 2.23. The zero-order valence-corrected chi connectivity index (χ0v) is 12.7. The Kier molecular flexibility index (Phi) is 5.47. The molecular formula is C13H18Cl2N2O2. The molecule has 1 rings (SSSR count). The third-order valence-corrected chi connectivity index (χ3v) is 2.75. The van der Waals surface area contributed by atoms with Crippen LogP contribution in [0.5, 0.6) is 5.75 Å². The van der Waals surface area contributed by atoms with Gasteiger partial charge in [0.1, 0.15) is 5.75 Å². The van der Waals surface area contributed by atoms with Crippen molar-refractivity contribution in [3.8, 4) is 5.75 Å². The summed E-state index contributed by atoms with van der Waals surface area (Å²) in [7, 11) is 0. The van der Waals surface area contributed by atoms with E-state index in [4.69, 9.17) is 33.7 Å². The highest BCUT2D eigenvalue weighted by molar-refractivity contribution is 6.35. The summed E-state index contributed by atoms with van der Waals surface area (Å²) in [5.74, 6) is -0.123. The number of hydrogen-bond acceptors (Lipinski definition) is 3. The van der Waals surface area contributed by atoms with Crippen molar-refractivity contribution in [1.82, 2.24) is 5.32 Å². The molecule has 0 heterocycles. The number of halogens is 2. The number of carbonyl (C=O) groups excluding carboxylic acids is 1. The average molecular weight is 305 g/mol. The lowest BCUT2D eigenvalue weighted by Crippen LogP contribution is -2.35. The third-order valence-electron chi connectivity index (χ3n) is 2.25. The van der Waals surface area contributed by atoms with Crippen LogP contribution in [0.4, 0.5) is 0 Å². The minimum absolute atomic E-state index is 0.0598. The van der Waals surface area contributed by atoms with E-state index in [2.05, 4.69) is 5.32 Å². The van der Waals surface area contributed by atoms with Crippen LogP contribution in [0.3, 0.4) is 0 Å². The highest BCUT2D eigenvalue weighted by Gasteiger charge is 2.15. The van der Waals surface area contributed by atoms with Gasteiger partial charge in [0.15, 0.2) is 6.61 Å². The standard InChI is InChI=1S/C13H18Cl2N2O2/c1-13(2,3)17-6-8-4-9(14)5-10(15)12(8)19-7-11(16)18/h4-5,17H,6-7H2,1-3H3,(H2,16,18). The van der Waals surface area contributed by atoms with Crippen molar-refractivity contribution >= 4 is 29.1 Å². The van der Waals surface area contributed by atoms with Crippen LogP contribution in [0.15, 0.2) is 12.1 Å². The number of ether oxygens (including phenoxy) is 1. The molecule has 0 fully saturated rings. The second kappa shape index (κ2) is 6.46. The first-order valence-corrected chi connectivity index (χ1v) is 6.58. The zero-order valence-electron chi connectivity index (χ0n) is 11.2. The van der Waals surface area contributed by atoms with Gasteiger partial charge >= 0.3 is 0 Å². The van der Waals surface area contributed by atoms with Gasteiger partial charge in [0.2, 0.25) is 0 Å². The summed E-state index contributed by atoms with van der Waals surface area (Å²) in [6.45, 7) is 6.44. The number of nitrogens with two attached hydrogens (primary N) is 1. The molecule has 0 aliphatic carbocycles. The summed E-state index contributed by atoms with van der Waals surface area (Å²) in [6.07, 6.45) is 0. The van der Waals surface area contributed by atoms with Crippen LogP contribution in [0.2, 0.25) is 10.0 Å². The number of carbonyl (C=O) groups is 1. The Balaban J connectivity index is 2.95. The first-order valence-electron chi connectivity index (χ1n) is 5.83. The molecule has 0 spiro atoms. The van der Waals surface area contributed by atoms with E-state index in [1.54, 1.807) is 12.1 Å². The van der Waals surface area contributed by atoms with Crippen molar-refractivity contribution in [2.75, 3.05) is 6.61 Å². The first kappa shape index (κ1) is 16.1. The molecule has 4 nitrogen and oxygen atoms in total. The minimum atomic E-state index is -0.555. The van der Waals surface area contributed by atoms with E-state index >= 15 is 0 Å². The maximum atomic E-state index is 10.8. The van der Waals surface area contributed by atoms with Crippen LogP contribution in [0.25, 0.3) is 0 Å². The molecule has 0 aliphatic rings. The number of primary amides is 1. The van der Waals surface area contributed by atoms with Gasteiger partial charge in [-0.05, 0) is 32.9 Å². The van der Waals surface area contributed by atoms with E-state index in [1.807, 2.05) is 20.8 Å². The SMILES string of the molecule is CC(C)(C)NCc1cc(Cl)cc(Cl)c1OCC(N)=O. The van der Waals surface area contributed by atoms with Gasteiger partial charge in [-0.3, -0.25) is 4.79 Å². The number of hydrogen-bond donors (Lipinski definition) is 2. The van der Waals surface area contributed by atoms with Gasteiger partial charge in [-0.2, -0.15) is 0 Å². The highest BCUT2D eigenvalue weighted by atomic mass is 35.5. The molecule has 19 heavy (non-hydrogen) atoms. The van der Waals surface area contributed by atoms with Crippen LogP contribution >= 0.6 is 23.2 Å².